The van der Waals surface area contributed by atoms with E-state index in [1.165, 1.54) is 4.90 Å². The van der Waals surface area contributed by atoms with Crippen LogP contribution in [0.15, 0.2) is 33.5 Å². The van der Waals surface area contributed by atoms with E-state index in [1.807, 2.05) is 12.1 Å². The molecule has 1 fully saturated rings. The number of morpholine rings is 1. The van der Waals surface area contributed by atoms with Gasteiger partial charge in [-0.25, -0.2) is 4.79 Å². The summed E-state index contributed by atoms with van der Waals surface area (Å²) in [5, 5.41) is 0.972. The zero-order valence-electron chi connectivity index (χ0n) is 13.2. The minimum Gasteiger partial charge on any atom is -0.497 e. The summed E-state index contributed by atoms with van der Waals surface area (Å²) in [7, 11) is 1.60. The van der Waals surface area contributed by atoms with Crippen molar-refractivity contribution in [1.82, 2.24) is 0 Å². The van der Waals surface area contributed by atoms with Crippen LogP contribution in [0.25, 0.3) is 11.0 Å². The van der Waals surface area contributed by atoms with E-state index in [1.54, 1.807) is 19.2 Å². The van der Waals surface area contributed by atoms with Crippen molar-refractivity contribution >= 4 is 11.0 Å². The molecule has 1 unspecified atom stereocenters. The molecule has 1 saturated heterocycles. The van der Waals surface area contributed by atoms with Gasteiger partial charge in [0.25, 0.3) is 0 Å². The van der Waals surface area contributed by atoms with Gasteiger partial charge in [0, 0.05) is 23.1 Å². The van der Waals surface area contributed by atoms with Crippen LogP contribution in [0.5, 0.6) is 5.75 Å². The molecule has 1 aromatic carbocycles. The van der Waals surface area contributed by atoms with E-state index in [4.69, 9.17) is 13.9 Å². The zero-order chi connectivity index (χ0) is 15.7. The fourth-order valence-electron chi connectivity index (χ4n) is 3.29. The number of ether oxygens (including phenoxy) is 2. The lowest BCUT2D eigenvalue weighted by molar-refractivity contribution is -0.928. The van der Waals surface area contributed by atoms with Gasteiger partial charge in [0.15, 0.2) is 0 Å². The van der Waals surface area contributed by atoms with E-state index in [0.29, 0.717) is 11.3 Å². The number of methoxy groups -OCH3 is 1. The highest BCUT2D eigenvalue weighted by molar-refractivity contribution is 5.81. The molecule has 2 heterocycles. The minimum absolute atomic E-state index is 0.241. The van der Waals surface area contributed by atoms with E-state index in [-0.39, 0.29) is 17.8 Å². The minimum atomic E-state index is -0.315. The standard InChI is InChI=1S/C17H21NO4/c1-11-8-18(9-12(2)21-11)10-13-6-17(19)22-16-7-14(20-3)4-5-15(13)16/h4-7,11-12H,8-10H2,1-3H3/p+1/t11-,12+. The molecule has 1 aromatic heterocycles. The largest absolute Gasteiger partial charge is 0.497 e. The monoisotopic (exact) mass is 304 g/mol. The van der Waals surface area contributed by atoms with Gasteiger partial charge >= 0.3 is 5.63 Å². The summed E-state index contributed by atoms with van der Waals surface area (Å²) in [5.41, 5.74) is 1.28. The van der Waals surface area contributed by atoms with Crippen LogP contribution in [-0.2, 0) is 11.3 Å². The molecule has 1 aliphatic heterocycles. The van der Waals surface area contributed by atoms with Gasteiger partial charge < -0.3 is 18.8 Å². The van der Waals surface area contributed by atoms with Gasteiger partial charge in [-0.15, -0.1) is 0 Å². The summed E-state index contributed by atoms with van der Waals surface area (Å²) in [5.74, 6) is 0.689. The normalized spacial score (nSPS) is 25.3. The average molecular weight is 304 g/mol. The molecule has 22 heavy (non-hydrogen) atoms. The van der Waals surface area contributed by atoms with Gasteiger partial charge in [0.2, 0.25) is 0 Å². The maximum Gasteiger partial charge on any atom is 0.336 e. The molecule has 0 amide bonds. The molecule has 0 spiro atoms. The SMILES string of the molecule is COc1ccc2c(C[NH+]3C[C@@H](C)O[C@@H](C)C3)cc(=O)oc2c1. The molecule has 5 nitrogen and oxygen atoms in total. The van der Waals surface area contributed by atoms with Gasteiger partial charge in [0.1, 0.15) is 43.2 Å². The van der Waals surface area contributed by atoms with Crippen molar-refractivity contribution in [2.75, 3.05) is 20.2 Å². The fourth-order valence-corrected chi connectivity index (χ4v) is 3.29. The number of quaternary nitrogens is 1. The van der Waals surface area contributed by atoms with Crippen LogP contribution in [0.3, 0.4) is 0 Å². The Hall–Kier alpha value is -1.85. The maximum absolute atomic E-state index is 11.8. The summed E-state index contributed by atoms with van der Waals surface area (Å²) in [4.78, 5) is 13.3. The van der Waals surface area contributed by atoms with E-state index in [0.717, 1.165) is 30.6 Å². The lowest BCUT2D eigenvalue weighted by atomic mass is 10.1. The predicted molar refractivity (Wildman–Crippen MR) is 83.4 cm³/mol. The molecular weight excluding hydrogens is 282 g/mol. The Morgan fingerprint density at radius 2 is 1.95 bits per heavy atom. The molecule has 3 atom stereocenters. The smallest absolute Gasteiger partial charge is 0.336 e. The molecule has 5 heteroatoms. The van der Waals surface area contributed by atoms with Gasteiger partial charge in [-0.1, -0.05) is 0 Å². The second-order valence-electron chi connectivity index (χ2n) is 6.05. The summed E-state index contributed by atoms with van der Waals surface area (Å²) in [6, 6.07) is 7.22. The van der Waals surface area contributed by atoms with Crippen molar-refractivity contribution in [3.05, 3.63) is 40.2 Å². The Bertz CT molecular complexity index is 714. The molecule has 0 aliphatic carbocycles. The van der Waals surface area contributed by atoms with E-state index in [2.05, 4.69) is 13.8 Å². The average Bonchev–Trinajstić information content (AvgIpc) is 2.45. The van der Waals surface area contributed by atoms with Crippen molar-refractivity contribution in [3.8, 4) is 5.75 Å². The molecule has 1 N–H and O–H groups in total. The molecular formula is C17H22NO4+. The van der Waals surface area contributed by atoms with E-state index < -0.39 is 0 Å². The highest BCUT2D eigenvalue weighted by Crippen LogP contribution is 2.22. The van der Waals surface area contributed by atoms with Crippen LogP contribution in [0.2, 0.25) is 0 Å². The fraction of sp³-hybridized carbons (Fsp3) is 0.471. The number of rotatable bonds is 3. The molecule has 118 valence electrons. The van der Waals surface area contributed by atoms with E-state index >= 15 is 0 Å². The molecule has 0 radical (unpaired) electrons. The third kappa shape index (κ3) is 3.15. The van der Waals surface area contributed by atoms with Crippen molar-refractivity contribution in [3.63, 3.8) is 0 Å². The lowest BCUT2D eigenvalue weighted by Gasteiger charge is -2.32. The third-order valence-electron chi connectivity index (χ3n) is 4.09. The molecule has 3 rings (SSSR count). The van der Waals surface area contributed by atoms with Crippen molar-refractivity contribution in [2.45, 2.75) is 32.6 Å². The Labute approximate surface area is 129 Å². The quantitative estimate of drug-likeness (QED) is 0.860. The van der Waals surface area contributed by atoms with Gasteiger partial charge in [-0.2, -0.15) is 0 Å². The van der Waals surface area contributed by atoms with Crippen LogP contribution in [0.1, 0.15) is 19.4 Å². The highest BCUT2D eigenvalue weighted by atomic mass is 16.5. The van der Waals surface area contributed by atoms with Gasteiger partial charge in [-0.05, 0) is 26.0 Å². The maximum atomic E-state index is 11.8. The number of fused-ring (bicyclic) bond motifs is 1. The van der Waals surface area contributed by atoms with Crippen molar-refractivity contribution < 1.29 is 18.8 Å². The Morgan fingerprint density at radius 1 is 1.23 bits per heavy atom. The lowest BCUT2D eigenvalue weighted by Crippen LogP contribution is -3.14. The summed E-state index contributed by atoms with van der Waals surface area (Å²) >= 11 is 0. The second kappa shape index (κ2) is 6.10. The van der Waals surface area contributed by atoms with Gasteiger partial charge in [0.05, 0.1) is 7.11 Å². The van der Waals surface area contributed by atoms with Crippen LogP contribution in [0, 0.1) is 0 Å². The number of hydrogen-bond donors (Lipinski definition) is 1. The first-order chi connectivity index (χ1) is 10.5. The first kappa shape index (κ1) is 15.1. The Balaban J connectivity index is 1.94. The van der Waals surface area contributed by atoms with Crippen LogP contribution >= 0.6 is 0 Å². The predicted octanol–water partition coefficient (Wildman–Crippen LogP) is 0.994. The zero-order valence-corrected chi connectivity index (χ0v) is 13.2. The summed E-state index contributed by atoms with van der Waals surface area (Å²) < 4.78 is 16.3. The highest BCUT2D eigenvalue weighted by Gasteiger charge is 2.26. The first-order valence-corrected chi connectivity index (χ1v) is 7.65. The van der Waals surface area contributed by atoms with E-state index in [9.17, 15) is 4.79 Å². The Morgan fingerprint density at radius 3 is 2.64 bits per heavy atom. The van der Waals surface area contributed by atoms with Gasteiger partial charge in [-0.3, -0.25) is 0 Å². The molecule has 2 aromatic rings. The molecule has 0 saturated carbocycles. The topological polar surface area (TPSA) is 53.1 Å². The van der Waals surface area contributed by atoms with Crippen molar-refractivity contribution in [2.24, 2.45) is 0 Å². The summed E-state index contributed by atoms with van der Waals surface area (Å²) in [6.45, 7) is 6.88. The molecule has 0 bridgehead atoms. The van der Waals surface area contributed by atoms with Crippen LogP contribution < -0.4 is 15.3 Å². The third-order valence-corrected chi connectivity index (χ3v) is 4.09. The number of benzene rings is 1. The first-order valence-electron chi connectivity index (χ1n) is 7.65. The Kier molecular flexibility index (Phi) is 4.18. The summed E-state index contributed by atoms with van der Waals surface area (Å²) in [6.07, 6.45) is 0.482. The number of hydrogen-bond acceptors (Lipinski definition) is 4. The second-order valence-corrected chi connectivity index (χ2v) is 6.05. The number of nitrogens with one attached hydrogen (secondary N) is 1. The van der Waals surface area contributed by atoms with Crippen LogP contribution in [0.4, 0.5) is 0 Å². The molecule has 1 aliphatic rings. The van der Waals surface area contributed by atoms with Crippen molar-refractivity contribution in [1.29, 1.82) is 0 Å². The van der Waals surface area contributed by atoms with Crippen LogP contribution in [-0.4, -0.2) is 32.4 Å².